The Morgan fingerprint density at radius 1 is 1.45 bits per heavy atom. The molecule has 1 aromatic rings. The second kappa shape index (κ2) is 7.71. The average Bonchev–Trinajstić information content (AvgIpc) is 2.92. The third-order valence-electron chi connectivity index (χ3n) is 3.50. The molecule has 0 aliphatic carbocycles. The van der Waals surface area contributed by atoms with Gasteiger partial charge in [-0.15, -0.1) is 11.3 Å². The molecule has 1 aliphatic heterocycles. The molecule has 0 aromatic carbocycles. The molecular formula is C15H22N2O4S. The number of carbonyl (C=O) groups is 2. The predicted molar refractivity (Wildman–Crippen MR) is 84.2 cm³/mol. The van der Waals surface area contributed by atoms with E-state index in [4.69, 9.17) is 9.47 Å². The Hall–Kier alpha value is -1.44. The van der Waals surface area contributed by atoms with Crippen molar-refractivity contribution in [1.29, 1.82) is 0 Å². The maximum Gasteiger partial charge on any atom is 0.261 e. The summed E-state index contributed by atoms with van der Waals surface area (Å²) in [6.07, 6.45) is 0.374. The van der Waals surface area contributed by atoms with Gasteiger partial charge in [0.25, 0.3) is 5.91 Å². The first-order chi connectivity index (χ1) is 10.5. The highest BCUT2D eigenvalue weighted by Gasteiger charge is 2.29. The van der Waals surface area contributed by atoms with Crippen molar-refractivity contribution in [2.24, 2.45) is 0 Å². The van der Waals surface area contributed by atoms with Gasteiger partial charge in [0.2, 0.25) is 5.91 Å². The fraction of sp³-hybridized carbons (Fsp3) is 0.600. The SMILES string of the molecule is Cc1ccc(C(=O)N[C@@H]2CCOC[C@H]2OCC(=O)N(C)C)s1. The van der Waals surface area contributed by atoms with Crippen LogP contribution in [0.3, 0.4) is 0 Å². The molecular weight excluding hydrogens is 304 g/mol. The lowest BCUT2D eigenvalue weighted by Crippen LogP contribution is -2.50. The van der Waals surface area contributed by atoms with Crippen LogP contribution in [0, 0.1) is 6.92 Å². The predicted octanol–water partition coefficient (Wildman–Crippen LogP) is 1.05. The Kier molecular flexibility index (Phi) is 5.93. The van der Waals surface area contributed by atoms with Crippen LogP contribution in [0.2, 0.25) is 0 Å². The minimum absolute atomic E-state index is 0.00843. The van der Waals surface area contributed by atoms with Crippen molar-refractivity contribution in [3.63, 3.8) is 0 Å². The van der Waals surface area contributed by atoms with Gasteiger partial charge in [-0.1, -0.05) is 0 Å². The number of nitrogens with zero attached hydrogens (tertiary/aromatic N) is 1. The molecule has 0 unspecified atom stereocenters. The van der Waals surface area contributed by atoms with Crippen molar-refractivity contribution in [3.8, 4) is 0 Å². The molecule has 7 heteroatoms. The Bertz CT molecular complexity index is 529. The van der Waals surface area contributed by atoms with E-state index in [-0.39, 0.29) is 30.6 Å². The topological polar surface area (TPSA) is 67.9 Å². The van der Waals surface area contributed by atoms with E-state index in [0.29, 0.717) is 24.5 Å². The molecule has 2 heterocycles. The van der Waals surface area contributed by atoms with Crippen LogP contribution in [0.25, 0.3) is 0 Å². The molecule has 0 saturated carbocycles. The van der Waals surface area contributed by atoms with Crippen LogP contribution in [0.15, 0.2) is 12.1 Å². The number of likely N-dealkylation sites (N-methyl/N-ethyl adjacent to an activating group) is 1. The number of thiophene rings is 1. The second-order valence-corrected chi connectivity index (χ2v) is 6.78. The first-order valence-corrected chi connectivity index (χ1v) is 8.06. The van der Waals surface area contributed by atoms with Gasteiger partial charge in [0.15, 0.2) is 0 Å². The van der Waals surface area contributed by atoms with Gasteiger partial charge in [-0.25, -0.2) is 0 Å². The number of hydrogen-bond donors (Lipinski definition) is 1. The summed E-state index contributed by atoms with van der Waals surface area (Å²) >= 11 is 1.46. The number of aryl methyl sites for hydroxylation is 1. The van der Waals surface area contributed by atoms with Crippen molar-refractivity contribution in [3.05, 3.63) is 21.9 Å². The summed E-state index contributed by atoms with van der Waals surface area (Å²) in [6.45, 7) is 2.92. The van der Waals surface area contributed by atoms with E-state index >= 15 is 0 Å². The van der Waals surface area contributed by atoms with Crippen molar-refractivity contribution in [2.75, 3.05) is 33.9 Å². The summed E-state index contributed by atoms with van der Waals surface area (Å²) < 4.78 is 11.0. The summed E-state index contributed by atoms with van der Waals surface area (Å²) in [7, 11) is 3.36. The molecule has 0 spiro atoms. The van der Waals surface area contributed by atoms with Crippen LogP contribution in [0.5, 0.6) is 0 Å². The normalized spacial score (nSPS) is 21.4. The van der Waals surface area contributed by atoms with Crippen molar-refractivity contribution >= 4 is 23.2 Å². The molecule has 0 bridgehead atoms. The lowest BCUT2D eigenvalue weighted by atomic mass is 10.1. The lowest BCUT2D eigenvalue weighted by Gasteiger charge is -2.32. The molecule has 1 aromatic heterocycles. The van der Waals surface area contributed by atoms with Gasteiger partial charge < -0.3 is 19.7 Å². The van der Waals surface area contributed by atoms with Crippen LogP contribution in [-0.2, 0) is 14.3 Å². The van der Waals surface area contributed by atoms with Gasteiger partial charge >= 0.3 is 0 Å². The number of carbonyl (C=O) groups excluding carboxylic acids is 2. The first-order valence-electron chi connectivity index (χ1n) is 7.24. The van der Waals surface area contributed by atoms with E-state index < -0.39 is 0 Å². The van der Waals surface area contributed by atoms with E-state index in [1.165, 1.54) is 16.2 Å². The number of hydrogen-bond acceptors (Lipinski definition) is 5. The zero-order valence-electron chi connectivity index (χ0n) is 13.1. The first kappa shape index (κ1) is 16.9. The molecule has 2 rings (SSSR count). The van der Waals surface area contributed by atoms with Gasteiger partial charge in [-0.3, -0.25) is 9.59 Å². The maximum atomic E-state index is 12.2. The summed E-state index contributed by atoms with van der Waals surface area (Å²) in [5.74, 6) is -0.206. The number of nitrogens with one attached hydrogen (secondary N) is 1. The number of amides is 2. The molecule has 1 fully saturated rings. The van der Waals surface area contributed by atoms with E-state index in [9.17, 15) is 9.59 Å². The van der Waals surface area contributed by atoms with Crippen molar-refractivity contribution in [1.82, 2.24) is 10.2 Å². The van der Waals surface area contributed by atoms with Gasteiger partial charge in [-0.05, 0) is 25.5 Å². The number of ether oxygens (including phenoxy) is 2. The summed E-state index contributed by atoms with van der Waals surface area (Å²) in [5.41, 5.74) is 0. The Morgan fingerprint density at radius 3 is 2.86 bits per heavy atom. The largest absolute Gasteiger partial charge is 0.379 e. The molecule has 1 N–H and O–H groups in total. The van der Waals surface area contributed by atoms with Crippen LogP contribution in [-0.4, -0.2) is 62.8 Å². The standard InChI is InChI=1S/C15H22N2O4S/c1-10-4-5-13(22-10)15(19)16-11-6-7-20-8-12(11)21-9-14(18)17(2)3/h4-5,11-12H,6-9H2,1-3H3,(H,16,19)/t11-,12-/m1/s1. The molecule has 22 heavy (non-hydrogen) atoms. The summed E-state index contributed by atoms with van der Waals surface area (Å²) in [6, 6.07) is 3.60. The van der Waals surface area contributed by atoms with E-state index in [2.05, 4.69) is 5.32 Å². The average molecular weight is 326 g/mol. The van der Waals surface area contributed by atoms with E-state index in [1.807, 2.05) is 19.1 Å². The van der Waals surface area contributed by atoms with Crippen LogP contribution < -0.4 is 5.32 Å². The summed E-state index contributed by atoms with van der Waals surface area (Å²) in [4.78, 5) is 27.1. The maximum absolute atomic E-state index is 12.2. The highest BCUT2D eigenvalue weighted by atomic mass is 32.1. The van der Waals surface area contributed by atoms with Crippen LogP contribution in [0.4, 0.5) is 0 Å². The minimum Gasteiger partial charge on any atom is -0.379 e. The molecule has 1 aliphatic rings. The second-order valence-electron chi connectivity index (χ2n) is 5.49. The quantitative estimate of drug-likeness (QED) is 0.878. The zero-order chi connectivity index (χ0) is 16.1. The molecule has 6 nitrogen and oxygen atoms in total. The van der Waals surface area contributed by atoms with Gasteiger partial charge in [-0.2, -0.15) is 0 Å². The fourth-order valence-electron chi connectivity index (χ4n) is 2.14. The smallest absolute Gasteiger partial charge is 0.261 e. The Balaban J connectivity index is 1.91. The van der Waals surface area contributed by atoms with Gasteiger partial charge in [0.05, 0.1) is 17.5 Å². The molecule has 0 radical (unpaired) electrons. The Morgan fingerprint density at radius 2 is 2.23 bits per heavy atom. The van der Waals surface area contributed by atoms with E-state index in [0.717, 1.165) is 4.88 Å². The van der Waals surface area contributed by atoms with Crippen LogP contribution >= 0.6 is 11.3 Å². The highest BCUT2D eigenvalue weighted by molar-refractivity contribution is 7.13. The van der Waals surface area contributed by atoms with Crippen LogP contribution in [0.1, 0.15) is 21.0 Å². The van der Waals surface area contributed by atoms with Gasteiger partial charge in [0, 0.05) is 25.6 Å². The Labute approximate surface area is 134 Å². The highest BCUT2D eigenvalue weighted by Crippen LogP contribution is 2.17. The van der Waals surface area contributed by atoms with Crippen molar-refractivity contribution < 1.29 is 19.1 Å². The third-order valence-corrected chi connectivity index (χ3v) is 4.50. The fourth-order valence-corrected chi connectivity index (χ4v) is 2.92. The van der Waals surface area contributed by atoms with Gasteiger partial charge in [0.1, 0.15) is 12.7 Å². The molecule has 2 atom stereocenters. The lowest BCUT2D eigenvalue weighted by molar-refractivity contribution is -0.140. The summed E-state index contributed by atoms with van der Waals surface area (Å²) in [5, 5.41) is 2.99. The minimum atomic E-state index is -0.303. The monoisotopic (exact) mass is 326 g/mol. The zero-order valence-corrected chi connectivity index (χ0v) is 13.9. The third kappa shape index (κ3) is 4.53. The van der Waals surface area contributed by atoms with Crippen molar-refractivity contribution in [2.45, 2.75) is 25.5 Å². The molecule has 122 valence electrons. The van der Waals surface area contributed by atoms with E-state index in [1.54, 1.807) is 14.1 Å². The molecule has 2 amide bonds. The number of rotatable bonds is 5. The molecule has 1 saturated heterocycles.